The van der Waals surface area contributed by atoms with Gasteiger partial charge in [-0.25, -0.2) is 0 Å². The van der Waals surface area contributed by atoms with Crippen LogP contribution in [0.5, 0.6) is 5.75 Å². The Labute approximate surface area is 174 Å². The molecule has 1 atom stereocenters. The Morgan fingerprint density at radius 3 is 2.45 bits per heavy atom. The van der Waals surface area contributed by atoms with Crippen LogP contribution in [0.1, 0.15) is 29.2 Å². The van der Waals surface area contributed by atoms with Gasteiger partial charge in [0.25, 0.3) is 0 Å². The molecular formula is C21H25N5O2S. The van der Waals surface area contributed by atoms with E-state index in [0.717, 1.165) is 28.1 Å². The van der Waals surface area contributed by atoms with Crippen molar-refractivity contribution in [3.8, 4) is 11.4 Å². The second kappa shape index (κ2) is 8.65. The molecule has 2 aromatic carbocycles. The van der Waals surface area contributed by atoms with Gasteiger partial charge >= 0.3 is 0 Å². The summed E-state index contributed by atoms with van der Waals surface area (Å²) >= 11 is 1.30. The Morgan fingerprint density at radius 2 is 1.79 bits per heavy atom. The first-order chi connectivity index (χ1) is 13.8. The lowest BCUT2D eigenvalue weighted by Gasteiger charge is -2.16. The van der Waals surface area contributed by atoms with Crippen LogP contribution in [0.2, 0.25) is 0 Å². The Morgan fingerprint density at radius 1 is 1.10 bits per heavy atom. The van der Waals surface area contributed by atoms with Gasteiger partial charge in [0.2, 0.25) is 11.1 Å². The number of carbonyl (C=O) groups is 1. The van der Waals surface area contributed by atoms with Gasteiger partial charge in [0.15, 0.2) is 0 Å². The number of hydrogen-bond acceptors (Lipinski definition) is 6. The summed E-state index contributed by atoms with van der Waals surface area (Å²) in [7, 11) is 1.60. The third-order valence-corrected chi connectivity index (χ3v) is 5.61. The molecule has 1 aromatic heterocycles. The van der Waals surface area contributed by atoms with E-state index in [1.54, 1.807) is 11.8 Å². The normalized spacial score (nSPS) is 11.9. The van der Waals surface area contributed by atoms with Gasteiger partial charge < -0.3 is 10.1 Å². The standard InChI is InChI=1S/C21H25N5O2S/c1-12-7-8-18(28-6)17(11-12)26-21(23-24-25-26)29-16(5)20(27)22-19-14(3)9-13(2)10-15(19)4/h7-11,16H,1-6H3,(H,22,27)/t16-/m0/s1. The molecule has 0 aliphatic carbocycles. The molecule has 0 spiro atoms. The molecule has 1 heterocycles. The maximum Gasteiger partial charge on any atom is 0.237 e. The number of aromatic nitrogens is 4. The zero-order valence-electron chi connectivity index (χ0n) is 17.5. The van der Waals surface area contributed by atoms with E-state index < -0.39 is 5.25 Å². The lowest BCUT2D eigenvalue weighted by molar-refractivity contribution is -0.115. The number of anilines is 1. The number of nitrogens with one attached hydrogen (secondary N) is 1. The maximum atomic E-state index is 12.8. The van der Waals surface area contributed by atoms with Crippen LogP contribution < -0.4 is 10.1 Å². The minimum Gasteiger partial charge on any atom is -0.494 e. The minimum absolute atomic E-state index is 0.101. The van der Waals surface area contributed by atoms with Gasteiger partial charge in [0, 0.05) is 5.69 Å². The summed E-state index contributed by atoms with van der Waals surface area (Å²) in [6.45, 7) is 9.87. The molecule has 29 heavy (non-hydrogen) atoms. The average Bonchev–Trinajstić information content (AvgIpc) is 3.12. The molecule has 0 fully saturated rings. The minimum atomic E-state index is -0.393. The summed E-state index contributed by atoms with van der Waals surface area (Å²) in [5, 5.41) is 15.2. The maximum absolute atomic E-state index is 12.8. The fourth-order valence-corrected chi connectivity index (χ4v) is 3.98. The van der Waals surface area contributed by atoms with Crippen LogP contribution in [0, 0.1) is 27.7 Å². The summed E-state index contributed by atoms with van der Waals surface area (Å²) in [4.78, 5) is 12.8. The van der Waals surface area contributed by atoms with Crippen LogP contribution in [0.25, 0.3) is 5.69 Å². The highest BCUT2D eigenvalue weighted by molar-refractivity contribution is 8.00. The van der Waals surface area contributed by atoms with E-state index >= 15 is 0 Å². The molecule has 0 aliphatic heterocycles. The molecular weight excluding hydrogens is 386 g/mol. The van der Waals surface area contributed by atoms with Crippen molar-refractivity contribution in [3.05, 3.63) is 52.6 Å². The van der Waals surface area contributed by atoms with Crippen LogP contribution in [0.4, 0.5) is 5.69 Å². The van der Waals surface area contributed by atoms with Gasteiger partial charge in [-0.3, -0.25) is 4.79 Å². The van der Waals surface area contributed by atoms with Crippen molar-refractivity contribution in [2.75, 3.05) is 12.4 Å². The first-order valence-corrected chi connectivity index (χ1v) is 10.2. The summed E-state index contributed by atoms with van der Waals surface area (Å²) < 4.78 is 7.04. The predicted octanol–water partition coefficient (Wildman–Crippen LogP) is 4.02. The van der Waals surface area contributed by atoms with Crippen molar-refractivity contribution in [3.63, 3.8) is 0 Å². The number of tetrazole rings is 1. The van der Waals surface area contributed by atoms with Crippen molar-refractivity contribution in [2.45, 2.75) is 45.0 Å². The molecule has 0 radical (unpaired) electrons. The van der Waals surface area contributed by atoms with E-state index in [1.807, 2.05) is 52.8 Å². The molecule has 0 unspecified atom stereocenters. The van der Waals surface area contributed by atoms with E-state index in [2.05, 4.69) is 33.0 Å². The highest BCUT2D eigenvalue weighted by Gasteiger charge is 2.21. The SMILES string of the molecule is COc1ccc(C)cc1-n1nnnc1S[C@@H](C)C(=O)Nc1c(C)cc(C)cc1C. The largest absolute Gasteiger partial charge is 0.494 e. The Hall–Kier alpha value is -2.87. The number of nitrogens with zero attached hydrogens (tertiary/aromatic N) is 4. The second-order valence-corrected chi connectivity index (χ2v) is 8.38. The Balaban J connectivity index is 1.81. The fraction of sp³-hybridized carbons (Fsp3) is 0.333. The molecule has 1 amide bonds. The third-order valence-electron chi connectivity index (χ3n) is 4.58. The molecule has 8 heteroatoms. The van der Waals surface area contributed by atoms with E-state index in [1.165, 1.54) is 17.3 Å². The van der Waals surface area contributed by atoms with Gasteiger partial charge in [-0.1, -0.05) is 35.5 Å². The van der Waals surface area contributed by atoms with Crippen LogP contribution in [-0.4, -0.2) is 38.5 Å². The Kier molecular flexibility index (Phi) is 6.22. The number of aryl methyl sites for hydroxylation is 4. The number of carbonyl (C=O) groups excluding carboxylic acids is 1. The number of ether oxygens (including phenoxy) is 1. The van der Waals surface area contributed by atoms with E-state index in [0.29, 0.717) is 10.9 Å². The lowest BCUT2D eigenvalue weighted by Crippen LogP contribution is -2.24. The monoisotopic (exact) mass is 411 g/mol. The third kappa shape index (κ3) is 4.59. The summed E-state index contributed by atoms with van der Waals surface area (Å²) in [5.74, 6) is 0.559. The molecule has 0 saturated heterocycles. The summed E-state index contributed by atoms with van der Waals surface area (Å²) in [6, 6.07) is 9.90. The number of hydrogen-bond donors (Lipinski definition) is 1. The molecule has 3 rings (SSSR count). The highest BCUT2D eigenvalue weighted by Crippen LogP contribution is 2.30. The number of methoxy groups -OCH3 is 1. The topological polar surface area (TPSA) is 81.9 Å². The summed E-state index contributed by atoms with van der Waals surface area (Å²) in [6.07, 6.45) is 0. The van der Waals surface area contributed by atoms with Gasteiger partial charge in [-0.2, -0.15) is 4.68 Å². The summed E-state index contributed by atoms with van der Waals surface area (Å²) in [5.41, 5.74) is 5.91. The van der Waals surface area contributed by atoms with Crippen molar-refractivity contribution in [2.24, 2.45) is 0 Å². The van der Waals surface area contributed by atoms with Crippen LogP contribution in [0.3, 0.4) is 0 Å². The first-order valence-electron chi connectivity index (χ1n) is 9.29. The van der Waals surface area contributed by atoms with E-state index in [-0.39, 0.29) is 5.91 Å². The van der Waals surface area contributed by atoms with Crippen LogP contribution in [-0.2, 0) is 4.79 Å². The molecule has 0 bridgehead atoms. The van der Waals surface area contributed by atoms with Crippen molar-refractivity contribution in [1.82, 2.24) is 20.2 Å². The quantitative estimate of drug-likeness (QED) is 0.617. The molecule has 3 aromatic rings. The van der Waals surface area contributed by atoms with Crippen LogP contribution in [0.15, 0.2) is 35.5 Å². The zero-order valence-corrected chi connectivity index (χ0v) is 18.3. The predicted molar refractivity (Wildman–Crippen MR) is 115 cm³/mol. The van der Waals surface area contributed by atoms with Gasteiger partial charge in [-0.05, 0) is 73.9 Å². The first kappa shape index (κ1) is 20.9. The number of amides is 1. The average molecular weight is 412 g/mol. The number of rotatable bonds is 6. The molecule has 0 aliphatic rings. The van der Waals surface area contributed by atoms with Gasteiger partial charge in [-0.15, -0.1) is 5.10 Å². The van der Waals surface area contributed by atoms with Crippen molar-refractivity contribution < 1.29 is 9.53 Å². The smallest absolute Gasteiger partial charge is 0.237 e. The van der Waals surface area contributed by atoms with Crippen LogP contribution >= 0.6 is 11.8 Å². The highest BCUT2D eigenvalue weighted by atomic mass is 32.2. The fourth-order valence-electron chi connectivity index (χ4n) is 3.18. The molecule has 1 N–H and O–H groups in total. The number of benzene rings is 2. The Bertz CT molecular complexity index is 1020. The van der Waals surface area contributed by atoms with E-state index in [9.17, 15) is 4.79 Å². The number of thioether (sulfide) groups is 1. The second-order valence-electron chi connectivity index (χ2n) is 7.07. The van der Waals surface area contributed by atoms with E-state index in [4.69, 9.17) is 4.74 Å². The molecule has 7 nitrogen and oxygen atoms in total. The zero-order chi connectivity index (χ0) is 21.1. The van der Waals surface area contributed by atoms with Crippen molar-refractivity contribution >= 4 is 23.4 Å². The lowest BCUT2D eigenvalue weighted by atomic mass is 10.1. The van der Waals surface area contributed by atoms with Crippen molar-refractivity contribution in [1.29, 1.82) is 0 Å². The molecule has 152 valence electrons. The molecule has 0 saturated carbocycles. The van der Waals surface area contributed by atoms with Gasteiger partial charge in [0.1, 0.15) is 11.4 Å². The van der Waals surface area contributed by atoms with Gasteiger partial charge in [0.05, 0.1) is 12.4 Å².